The first-order chi connectivity index (χ1) is 9.22. The Labute approximate surface area is 117 Å². The first kappa shape index (κ1) is 12.1. The van der Waals surface area contributed by atoms with Gasteiger partial charge in [-0.05, 0) is 47.9 Å². The molecule has 0 aliphatic carbocycles. The van der Waals surface area contributed by atoms with Gasteiger partial charge in [-0.1, -0.05) is 16.1 Å². The van der Waals surface area contributed by atoms with E-state index in [2.05, 4.69) is 9.59 Å². The highest BCUT2D eigenvalue weighted by molar-refractivity contribution is 7.03. The van der Waals surface area contributed by atoms with Crippen LogP contribution in [0.3, 0.4) is 0 Å². The number of halogens is 1. The fraction of sp³-hybridized carbons (Fsp3) is 0. The molecule has 0 aliphatic heterocycles. The van der Waals surface area contributed by atoms with Crippen molar-refractivity contribution in [2.75, 3.05) is 0 Å². The third kappa shape index (κ3) is 2.57. The lowest BCUT2D eigenvalue weighted by atomic mass is 10.2. The second kappa shape index (κ2) is 4.95. The van der Waals surface area contributed by atoms with Gasteiger partial charge in [0.1, 0.15) is 5.58 Å². The number of aromatic nitrogens is 2. The van der Waals surface area contributed by atoms with Gasteiger partial charge in [0.05, 0.1) is 5.69 Å². The van der Waals surface area contributed by atoms with E-state index in [-0.39, 0.29) is 11.5 Å². The number of allylic oxidation sites excluding steroid dienone is 1. The van der Waals surface area contributed by atoms with Crippen molar-refractivity contribution in [2.45, 2.75) is 0 Å². The van der Waals surface area contributed by atoms with Crippen LogP contribution in [-0.4, -0.2) is 15.4 Å². The molecule has 0 N–H and O–H groups in total. The summed E-state index contributed by atoms with van der Waals surface area (Å²) in [6, 6.07) is 6.89. The van der Waals surface area contributed by atoms with Crippen LogP contribution in [0.4, 0.5) is 0 Å². The highest BCUT2D eigenvalue weighted by Gasteiger charge is 2.09. The number of hydrogen-bond donors (Lipinski definition) is 0. The van der Waals surface area contributed by atoms with Gasteiger partial charge in [0, 0.05) is 15.8 Å². The topological polar surface area (TPSA) is 56.0 Å². The van der Waals surface area contributed by atoms with Crippen LogP contribution < -0.4 is 0 Å². The van der Waals surface area contributed by atoms with E-state index in [9.17, 15) is 4.79 Å². The predicted octanol–water partition coefficient (Wildman–Crippen LogP) is 3.83. The lowest BCUT2D eigenvalue weighted by Crippen LogP contribution is -1.90. The Morgan fingerprint density at radius 2 is 2.26 bits per heavy atom. The van der Waals surface area contributed by atoms with E-state index >= 15 is 0 Å². The zero-order valence-corrected chi connectivity index (χ0v) is 11.1. The Balaban J connectivity index is 1.89. The Kier molecular flexibility index (Phi) is 3.15. The minimum absolute atomic E-state index is 0.222. The molecule has 2 aromatic heterocycles. The molecule has 3 aromatic rings. The first-order valence-electron chi connectivity index (χ1n) is 5.41. The van der Waals surface area contributed by atoms with E-state index in [4.69, 9.17) is 16.0 Å². The summed E-state index contributed by atoms with van der Waals surface area (Å²) in [6.45, 7) is 0. The molecule has 3 rings (SSSR count). The fourth-order valence-corrected chi connectivity index (χ4v) is 2.23. The van der Waals surface area contributed by atoms with Crippen molar-refractivity contribution in [3.8, 4) is 0 Å². The van der Waals surface area contributed by atoms with Crippen molar-refractivity contribution in [1.82, 2.24) is 9.59 Å². The summed E-state index contributed by atoms with van der Waals surface area (Å²) in [5.74, 6) is 0.0528. The Hall–Kier alpha value is -1.98. The van der Waals surface area contributed by atoms with E-state index in [1.54, 1.807) is 35.7 Å². The Bertz CT molecular complexity index is 762. The summed E-state index contributed by atoms with van der Waals surface area (Å²) in [4.78, 5) is 11.9. The SMILES string of the molecule is O=C(C=Cc1csnn1)c1cc2cc(Cl)ccc2o1. The molecule has 0 unspecified atom stereocenters. The molecule has 4 nitrogen and oxygen atoms in total. The number of carbonyl (C=O) groups is 1. The molecule has 19 heavy (non-hydrogen) atoms. The van der Waals surface area contributed by atoms with Crippen molar-refractivity contribution < 1.29 is 9.21 Å². The first-order valence-corrected chi connectivity index (χ1v) is 6.62. The lowest BCUT2D eigenvalue weighted by Gasteiger charge is -1.88. The van der Waals surface area contributed by atoms with Gasteiger partial charge in [-0.15, -0.1) is 5.10 Å². The molecular formula is C13H7ClN2O2S. The van der Waals surface area contributed by atoms with E-state index in [1.807, 2.05) is 0 Å². The molecule has 0 saturated carbocycles. The van der Waals surface area contributed by atoms with E-state index in [0.717, 1.165) is 5.39 Å². The van der Waals surface area contributed by atoms with Gasteiger partial charge in [-0.25, -0.2) is 0 Å². The number of hydrogen-bond acceptors (Lipinski definition) is 5. The van der Waals surface area contributed by atoms with E-state index < -0.39 is 0 Å². The highest BCUT2D eigenvalue weighted by Crippen LogP contribution is 2.23. The lowest BCUT2D eigenvalue weighted by molar-refractivity contribution is 0.102. The monoisotopic (exact) mass is 290 g/mol. The molecule has 0 fully saturated rings. The van der Waals surface area contributed by atoms with Crippen LogP contribution in [0.2, 0.25) is 5.02 Å². The summed E-state index contributed by atoms with van der Waals surface area (Å²) in [7, 11) is 0. The minimum Gasteiger partial charge on any atom is -0.453 e. The van der Waals surface area contributed by atoms with Crippen LogP contribution in [-0.2, 0) is 0 Å². The second-order valence-electron chi connectivity index (χ2n) is 3.82. The van der Waals surface area contributed by atoms with Gasteiger partial charge in [0.2, 0.25) is 5.78 Å². The number of ketones is 1. The third-order valence-electron chi connectivity index (χ3n) is 2.50. The molecule has 0 spiro atoms. The number of furan rings is 1. The Morgan fingerprint density at radius 3 is 3.05 bits per heavy atom. The maximum atomic E-state index is 11.9. The molecule has 2 heterocycles. The smallest absolute Gasteiger partial charge is 0.221 e. The van der Waals surface area contributed by atoms with Crippen LogP contribution in [0, 0.1) is 0 Å². The summed E-state index contributed by atoms with van der Waals surface area (Å²) in [5.41, 5.74) is 1.29. The number of benzene rings is 1. The maximum absolute atomic E-state index is 11.9. The van der Waals surface area contributed by atoms with E-state index in [0.29, 0.717) is 16.3 Å². The quantitative estimate of drug-likeness (QED) is 0.543. The predicted molar refractivity (Wildman–Crippen MR) is 74.5 cm³/mol. The molecule has 0 amide bonds. The van der Waals surface area contributed by atoms with Crippen LogP contribution in [0.5, 0.6) is 0 Å². The molecule has 0 atom stereocenters. The van der Waals surface area contributed by atoms with Crippen molar-refractivity contribution in [3.05, 3.63) is 52.2 Å². The van der Waals surface area contributed by atoms with Gasteiger partial charge >= 0.3 is 0 Å². The molecule has 0 radical (unpaired) electrons. The Morgan fingerprint density at radius 1 is 1.37 bits per heavy atom. The molecule has 94 valence electrons. The van der Waals surface area contributed by atoms with Crippen molar-refractivity contribution >= 4 is 46.0 Å². The maximum Gasteiger partial charge on any atom is 0.221 e. The molecular weight excluding hydrogens is 284 g/mol. The highest BCUT2D eigenvalue weighted by atomic mass is 35.5. The summed E-state index contributed by atoms with van der Waals surface area (Å²) in [6.07, 6.45) is 3.02. The molecule has 0 aliphatic rings. The standard InChI is InChI=1S/C13H7ClN2O2S/c14-9-1-4-12-8(5-9)6-13(18-12)11(17)3-2-10-7-19-16-15-10/h1-7H. The van der Waals surface area contributed by atoms with Gasteiger partial charge in [0.25, 0.3) is 0 Å². The number of fused-ring (bicyclic) bond motifs is 1. The largest absolute Gasteiger partial charge is 0.453 e. The second-order valence-corrected chi connectivity index (χ2v) is 4.87. The van der Waals surface area contributed by atoms with Crippen LogP contribution >= 0.6 is 23.1 Å². The summed E-state index contributed by atoms with van der Waals surface area (Å²) in [5, 5.41) is 6.98. The summed E-state index contributed by atoms with van der Waals surface area (Å²) >= 11 is 7.11. The van der Waals surface area contributed by atoms with Crippen molar-refractivity contribution in [3.63, 3.8) is 0 Å². The summed E-state index contributed by atoms with van der Waals surface area (Å²) < 4.78 is 9.17. The van der Waals surface area contributed by atoms with Gasteiger partial charge in [-0.3, -0.25) is 4.79 Å². The fourth-order valence-electron chi connectivity index (χ4n) is 1.62. The average Bonchev–Trinajstić information content (AvgIpc) is 3.04. The zero-order chi connectivity index (χ0) is 13.2. The molecule has 0 bridgehead atoms. The van der Waals surface area contributed by atoms with Gasteiger partial charge in [0.15, 0.2) is 5.76 Å². The number of nitrogens with zero attached hydrogens (tertiary/aromatic N) is 2. The molecule has 1 aromatic carbocycles. The normalized spacial score (nSPS) is 11.4. The van der Waals surface area contributed by atoms with Crippen LogP contribution in [0.25, 0.3) is 17.0 Å². The minimum atomic E-state index is -0.222. The number of rotatable bonds is 3. The third-order valence-corrected chi connectivity index (χ3v) is 3.26. The van der Waals surface area contributed by atoms with Crippen LogP contribution in [0.1, 0.15) is 16.2 Å². The van der Waals surface area contributed by atoms with Crippen molar-refractivity contribution in [1.29, 1.82) is 0 Å². The van der Waals surface area contributed by atoms with Gasteiger partial charge in [-0.2, -0.15) is 0 Å². The zero-order valence-electron chi connectivity index (χ0n) is 9.54. The molecule has 0 saturated heterocycles. The van der Waals surface area contributed by atoms with E-state index in [1.165, 1.54) is 17.6 Å². The van der Waals surface area contributed by atoms with Gasteiger partial charge < -0.3 is 4.42 Å². The number of carbonyl (C=O) groups excluding carboxylic acids is 1. The van der Waals surface area contributed by atoms with Crippen LogP contribution in [0.15, 0.2) is 40.1 Å². The average molecular weight is 291 g/mol. The molecule has 6 heteroatoms. The van der Waals surface area contributed by atoms with Crippen molar-refractivity contribution in [2.24, 2.45) is 0 Å².